The number of carbonyl (C=O) groups is 1. The fourth-order valence-corrected chi connectivity index (χ4v) is 4.18. The van der Waals surface area contributed by atoms with Crippen LogP contribution in [0.2, 0.25) is 0 Å². The summed E-state index contributed by atoms with van der Waals surface area (Å²) >= 11 is 1.61. The second kappa shape index (κ2) is 8.44. The van der Waals surface area contributed by atoms with Crippen molar-refractivity contribution < 1.29 is 4.79 Å². The maximum absolute atomic E-state index is 12.8. The number of hydrogen-bond acceptors (Lipinski definition) is 4. The van der Waals surface area contributed by atoms with Crippen LogP contribution in [-0.2, 0) is 11.2 Å². The number of amides is 1. The van der Waals surface area contributed by atoms with Crippen LogP contribution in [0.1, 0.15) is 24.3 Å². The van der Waals surface area contributed by atoms with Crippen molar-refractivity contribution in [2.45, 2.75) is 32.7 Å². The molecule has 1 aliphatic rings. The summed E-state index contributed by atoms with van der Waals surface area (Å²) in [5, 5.41) is 13.9. The maximum Gasteiger partial charge on any atom is 0.228 e. The average Bonchev–Trinajstić information content (AvgIpc) is 3.15. The summed E-state index contributed by atoms with van der Waals surface area (Å²) in [6.07, 6.45) is 2.43. The molecule has 0 spiro atoms. The monoisotopic (exact) mass is 395 g/mol. The van der Waals surface area contributed by atoms with Gasteiger partial charge in [0.05, 0.1) is 17.6 Å². The summed E-state index contributed by atoms with van der Waals surface area (Å²) in [5.74, 6) is 0.660. The second-order valence-electron chi connectivity index (χ2n) is 7.49. The van der Waals surface area contributed by atoms with Gasteiger partial charge in [-0.2, -0.15) is 5.26 Å². The van der Waals surface area contributed by atoms with Gasteiger partial charge in [0.25, 0.3) is 0 Å². The van der Waals surface area contributed by atoms with E-state index in [9.17, 15) is 10.1 Å². The van der Waals surface area contributed by atoms with Crippen molar-refractivity contribution in [2.24, 2.45) is 4.99 Å². The van der Waals surface area contributed by atoms with Gasteiger partial charge in [0.2, 0.25) is 11.9 Å². The second-order valence-corrected chi connectivity index (χ2v) is 8.53. The molecule has 28 heavy (non-hydrogen) atoms. The molecule has 1 amide bonds. The van der Waals surface area contributed by atoms with E-state index < -0.39 is 0 Å². The van der Waals surface area contributed by atoms with E-state index in [2.05, 4.69) is 24.2 Å². The lowest BCUT2D eigenvalue weighted by molar-refractivity contribution is -0.138. The van der Waals surface area contributed by atoms with Crippen molar-refractivity contribution in [2.75, 3.05) is 19.6 Å². The molecule has 6 nitrogen and oxygen atoms in total. The number of carbonyl (C=O) groups excluding carboxylic acids is 1. The molecule has 3 rings (SSSR count). The number of thiophene rings is 1. The van der Waals surface area contributed by atoms with Crippen LogP contribution < -0.4 is 5.32 Å². The zero-order chi connectivity index (χ0) is 20.1. The normalized spacial score (nSPS) is 16.6. The first-order valence-corrected chi connectivity index (χ1v) is 10.2. The molecule has 1 saturated heterocycles. The third-order valence-electron chi connectivity index (χ3n) is 4.92. The first-order chi connectivity index (χ1) is 13.4. The number of aliphatic imine (C=N–C) groups is 1. The standard InChI is InChI=1S/C21H25N5OS/c1-16-7-4-5-9-18(16)24-20(23-15-22)25-10-11-26(21(2,3)14-25)19(27)13-17-8-6-12-28-17/h4-9,12H,10-11,13-14H2,1-3H3,(H,23,24). The number of nitrogens with zero attached hydrogens (tertiary/aromatic N) is 4. The smallest absolute Gasteiger partial charge is 0.228 e. The Labute approximate surface area is 170 Å². The van der Waals surface area contributed by atoms with Crippen LogP contribution in [0.15, 0.2) is 46.8 Å². The highest BCUT2D eigenvalue weighted by Crippen LogP contribution is 2.24. The summed E-state index contributed by atoms with van der Waals surface area (Å²) in [6.45, 7) is 7.93. The van der Waals surface area contributed by atoms with E-state index in [1.54, 1.807) is 11.3 Å². The number of nitrogens with one attached hydrogen (secondary N) is 1. The van der Waals surface area contributed by atoms with E-state index in [1.807, 2.05) is 64.7 Å². The van der Waals surface area contributed by atoms with Gasteiger partial charge < -0.3 is 9.80 Å². The van der Waals surface area contributed by atoms with Gasteiger partial charge in [0, 0.05) is 24.5 Å². The van der Waals surface area contributed by atoms with Crippen LogP contribution in [0.3, 0.4) is 0 Å². The molecule has 1 fully saturated rings. The third kappa shape index (κ3) is 4.52. The van der Waals surface area contributed by atoms with Crippen LogP contribution in [-0.4, -0.2) is 46.8 Å². The van der Waals surface area contributed by atoms with Crippen molar-refractivity contribution in [3.63, 3.8) is 0 Å². The SMILES string of the molecule is Cc1ccccc1N=C(NC#N)N1CCN(C(=O)Cc2cccs2)C(C)(C)C1. The molecule has 2 heterocycles. The Kier molecular flexibility index (Phi) is 6.00. The van der Waals surface area contributed by atoms with Crippen molar-refractivity contribution in [1.29, 1.82) is 5.26 Å². The van der Waals surface area contributed by atoms with Gasteiger partial charge in [-0.25, -0.2) is 4.99 Å². The molecule has 1 N–H and O–H groups in total. The molecular formula is C21H25N5OS. The molecule has 0 saturated carbocycles. The molecule has 7 heteroatoms. The van der Waals surface area contributed by atoms with Crippen molar-refractivity contribution in [1.82, 2.24) is 15.1 Å². The van der Waals surface area contributed by atoms with Crippen LogP contribution >= 0.6 is 11.3 Å². The third-order valence-corrected chi connectivity index (χ3v) is 5.79. The van der Waals surface area contributed by atoms with E-state index in [1.165, 1.54) is 0 Å². The predicted molar refractivity (Wildman–Crippen MR) is 112 cm³/mol. The molecule has 0 unspecified atom stereocenters. The van der Waals surface area contributed by atoms with E-state index in [0.29, 0.717) is 32.0 Å². The van der Waals surface area contributed by atoms with Crippen molar-refractivity contribution >= 4 is 28.9 Å². The Bertz CT molecular complexity index is 898. The van der Waals surface area contributed by atoms with Gasteiger partial charge in [-0.05, 0) is 43.8 Å². The summed E-state index contributed by atoms with van der Waals surface area (Å²) < 4.78 is 0. The fourth-order valence-electron chi connectivity index (χ4n) is 3.49. The zero-order valence-corrected chi connectivity index (χ0v) is 17.3. The van der Waals surface area contributed by atoms with Gasteiger partial charge in [-0.1, -0.05) is 24.3 Å². The molecule has 146 valence electrons. The summed E-state index contributed by atoms with van der Waals surface area (Å²) in [5.41, 5.74) is 1.51. The highest BCUT2D eigenvalue weighted by molar-refractivity contribution is 7.10. The molecule has 0 bridgehead atoms. The minimum absolute atomic E-state index is 0.137. The molecule has 0 radical (unpaired) electrons. The summed E-state index contributed by atoms with van der Waals surface area (Å²) in [7, 11) is 0. The van der Waals surface area contributed by atoms with Gasteiger partial charge in [-0.3, -0.25) is 10.1 Å². The Morgan fingerprint density at radius 1 is 1.29 bits per heavy atom. The largest absolute Gasteiger partial charge is 0.338 e. The minimum atomic E-state index is -0.365. The Morgan fingerprint density at radius 2 is 2.07 bits per heavy atom. The first-order valence-electron chi connectivity index (χ1n) is 9.28. The lowest BCUT2D eigenvalue weighted by Gasteiger charge is -2.47. The zero-order valence-electron chi connectivity index (χ0n) is 16.5. The lowest BCUT2D eigenvalue weighted by atomic mass is 9.98. The van der Waals surface area contributed by atoms with Crippen LogP contribution in [0.25, 0.3) is 0 Å². The van der Waals surface area contributed by atoms with Crippen LogP contribution in [0.4, 0.5) is 5.69 Å². The molecule has 2 aromatic rings. The minimum Gasteiger partial charge on any atom is -0.338 e. The van der Waals surface area contributed by atoms with Crippen LogP contribution in [0.5, 0.6) is 0 Å². The summed E-state index contributed by atoms with van der Waals surface area (Å²) in [6, 6.07) is 11.8. The predicted octanol–water partition coefficient (Wildman–Crippen LogP) is 3.28. The molecule has 1 aromatic carbocycles. The highest BCUT2D eigenvalue weighted by atomic mass is 32.1. The number of nitriles is 1. The van der Waals surface area contributed by atoms with Gasteiger partial charge in [0.15, 0.2) is 6.19 Å². The Morgan fingerprint density at radius 3 is 2.71 bits per heavy atom. The fraction of sp³-hybridized carbons (Fsp3) is 0.381. The van der Waals surface area contributed by atoms with Crippen molar-refractivity contribution in [3.05, 3.63) is 52.2 Å². The molecule has 1 aliphatic heterocycles. The van der Waals surface area contributed by atoms with Gasteiger partial charge in [-0.15, -0.1) is 11.3 Å². The number of para-hydroxylation sites is 1. The quantitative estimate of drug-likeness (QED) is 0.375. The molecule has 0 atom stereocenters. The number of piperazine rings is 1. The average molecular weight is 396 g/mol. The number of aryl methyl sites for hydroxylation is 1. The van der Waals surface area contributed by atoms with Gasteiger partial charge >= 0.3 is 0 Å². The van der Waals surface area contributed by atoms with Gasteiger partial charge in [0.1, 0.15) is 0 Å². The van der Waals surface area contributed by atoms with E-state index in [4.69, 9.17) is 0 Å². The Balaban J connectivity index is 1.77. The number of hydrogen-bond donors (Lipinski definition) is 1. The number of guanidine groups is 1. The first kappa shape index (κ1) is 19.9. The highest BCUT2D eigenvalue weighted by Gasteiger charge is 2.37. The lowest BCUT2D eigenvalue weighted by Crippen LogP contribution is -2.63. The van der Waals surface area contributed by atoms with Crippen molar-refractivity contribution in [3.8, 4) is 6.19 Å². The number of rotatable bonds is 3. The van der Waals surface area contributed by atoms with E-state index >= 15 is 0 Å². The molecular weight excluding hydrogens is 370 g/mol. The molecule has 0 aliphatic carbocycles. The topological polar surface area (TPSA) is 71.7 Å². The molecule has 1 aromatic heterocycles. The Hall–Kier alpha value is -2.85. The van der Waals surface area contributed by atoms with E-state index in [-0.39, 0.29) is 11.4 Å². The van der Waals surface area contributed by atoms with Crippen LogP contribution in [0, 0.1) is 18.4 Å². The number of benzene rings is 1. The van der Waals surface area contributed by atoms with E-state index in [0.717, 1.165) is 16.1 Å². The maximum atomic E-state index is 12.8. The summed E-state index contributed by atoms with van der Waals surface area (Å²) in [4.78, 5) is 22.6.